The summed E-state index contributed by atoms with van der Waals surface area (Å²) in [7, 11) is -3.30. The lowest BCUT2D eigenvalue weighted by Gasteiger charge is -2.22. The lowest BCUT2D eigenvalue weighted by Crippen LogP contribution is -2.29. The van der Waals surface area contributed by atoms with Crippen molar-refractivity contribution in [1.82, 2.24) is 9.97 Å². The van der Waals surface area contributed by atoms with Crippen LogP contribution < -0.4 is 16.0 Å². The number of hydrogen-bond donors (Lipinski definition) is 0. The Morgan fingerprint density at radius 1 is 0.531 bits per heavy atom. The lowest BCUT2D eigenvalue weighted by molar-refractivity contribution is 0.592. The third-order valence-corrected chi connectivity index (χ3v) is 8.37. The predicted octanol–water partition coefficient (Wildman–Crippen LogP) is 5.45. The standard InChI is InChI=1S/C28H21N2OP/c31-32(24-17-9-3-10-18-24,25-19-11-4-12-20-25)28-27(23-15-7-2-8-16-23)29-21-26(30-28)22-13-5-1-6-14-22/h1-21H. The van der Waals surface area contributed by atoms with Crippen LogP contribution in [0.15, 0.2) is 128 Å². The first-order valence-electron chi connectivity index (χ1n) is 10.5. The molecule has 0 N–H and O–H groups in total. The van der Waals surface area contributed by atoms with Gasteiger partial charge in [-0.3, -0.25) is 4.98 Å². The van der Waals surface area contributed by atoms with Crippen LogP contribution in [-0.2, 0) is 4.57 Å². The summed E-state index contributed by atoms with van der Waals surface area (Å²) in [6.45, 7) is 0. The molecule has 0 radical (unpaired) electrons. The monoisotopic (exact) mass is 432 g/mol. The van der Waals surface area contributed by atoms with E-state index in [1.165, 1.54) is 0 Å². The molecule has 154 valence electrons. The molecule has 0 saturated heterocycles. The third-order valence-electron chi connectivity index (χ3n) is 5.41. The normalized spacial score (nSPS) is 11.2. The molecular weight excluding hydrogens is 411 g/mol. The number of aromatic nitrogens is 2. The SMILES string of the molecule is O=P(c1ccccc1)(c1ccccc1)c1nc(-c2ccccc2)cnc1-c1ccccc1. The first kappa shape index (κ1) is 20.1. The van der Waals surface area contributed by atoms with E-state index < -0.39 is 7.14 Å². The first-order chi connectivity index (χ1) is 15.8. The highest BCUT2D eigenvalue weighted by Gasteiger charge is 2.35. The lowest BCUT2D eigenvalue weighted by atomic mass is 10.1. The van der Waals surface area contributed by atoms with Gasteiger partial charge in [-0.15, -0.1) is 0 Å². The average molecular weight is 432 g/mol. The third kappa shape index (κ3) is 3.68. The summed E-state index contributed by atoms with van der Waals surface area (Å²) in [6, 6.07) is 38.9. The molecule has 0 fully saturated rings. The predicted molar refractivity (Wildman–Crippen MR) is 132 cm³/mol. The molecule has 1 heterocycles. The maximum Gasteiger partial charge on any atom is 0.190 e. The molecule has 1 aromatic heterocycles. The minimum Gasteiger partial charge on any atom is -0.307 e. The molecule has 32 heavy (non-hydrogen) atoms. The van der Waals surface area contributed by atoms with Gasteiger partial charge in [-0.2, -0.15) is 0 Å². The Morgan fingerprint density at radius 2 is 0.969 bits per heavy atom. The summed E-state index contributed by atoms with van der Waals surface area (Å²) < 4.78 is 15.1. The second-order valence-electron chi connectivity index (χ2n) is 7.44. The molecule has 4 aromatic carbocycles. The van der Waals surface area contributed by atoms with Crippen LogP contribution in [0.3, 0.4) is 0 Å². The summed E-state index contributed by atoms with van der Waals surface area (Å²) in [4.78, 5) is 9.83. The van der Waals surface area contributed by atoms with Crippen LogP contribution in [0.1, 0.15) is 0 Å². The Hall–Kier alpha value is -3.81. The molecule has 3 nitrogen and oxygen atoms in total. The van der Waals surface area contributed by atoms with Gasteiger partial charge in [0.05, 0.1) is 11.9 Å². The maximum absolute atomic E-state index is 15.1. The number of rotatable bonds is 5. The highest BCUT2D eigenvalue weighted by Crippen LogP contribution is 2.44. The van der Waals surface area contributed by atoms with Gasteiger partial charge in [0.1, 0.15) is 11.1 Å². The smallest absolute Gasteiger partial charge is 0.190 e. The molecule has 5 rings (SSSR count). The van der Waals surface area contributed by atoms with Crippen molar-refractivity contribution in [3.63, 3.8) is 0 Å². The molecule has 4 heteroatoms. The fraction of sp³-hybridized carbons (Fsp3) is 0. The van der Waals surface area contributed by atoms with E-state index in [4.69, 9.17) is 9.97 Å². The van der Waals surface area contributed by atoms with Gasteiger partial charge in [0.2, 0.25) is 0 Å². The summed E-state index contributed by atoms with van der Waals surface area (Å²) >= 11 is 0. The molecular formula is C28H21N2OP. The second kappa shape index (κ2) is 8.74. The quantitative estimate of drug-likeness (QED) is 0.347. The molecule has 0 bridgehead atoms. The van der Waals surface area contributed by atoms with Gasteiger partial charge < -0.3 is 4.57 Å². The molecule has 5 aromatic rings. The van der Waals surface area contributed by atoms with Crippen LogP contribution in [0, 0.1) is 0 Å². The van der Waals surface area contributed by atoms with Crippen molar-refractivity contribution in [2.45, 2.75) is 0 Å². The average Bonchev–Trinajstić information content (AvgIpc) is 2.90. The van der Waals surface area contributed by atoms with Crippen molar-refractivity contribution in [2.75, 3.05) is 0 Å². The maximum atomic E-state index is 15.1. The van der Waals surface area contributed by atoms with Crippen LogP contribution >= 0.6 is 7.14 Å². The topological polar surface area (TPSA) is 42.9 Å². The van der Waals surface area contributed by atoms with Crippen LogP contribution in [0.4, 0.5) is 0 Å². The molecule has 0 atom stereocenters. The molecule has 0 amide bonds. The van der Waals surface area contributed by atoms with Crippen molar-refractivity contribution < 1.29 is 4.57 Å². The largest absolute Gasteiger partial charge is 0.307 e. The summed E-state index contributed by atoms with van der Waals surface area (Å²) in [5.74, 6) is 0. The molecule has 0 aliphatic heterocycles. The zero-order chi connectivity index (χ0) is 21.8. The van der Waals surface area contributed by atoms with E-state index in [1.807, 2.05) is 121 Å². The molecule has 0 unspecified atom stereocenters. The van der Waals surface area contributed by atoms with E-state index in [0.717, 1.165) is 21.7 Å². The van der Waals surface area contributed by atoms with Gasteiger partial charge in [-0.25, -0.2) is 4.98 Å². The van der Waals surface area contributed by atoms with Gasteiger partial charge in [-0.05, 0) is 0 Å². The minimum absolute atomic E-state index is 0.502. The highest BCUT2D eigenvalue weighted by atomic mass is 31.2. The Morgan fingerprint density at radius 3 is 1.47 bits per heavy atom. The van der Waals surface area contributed by atoms with E-state index >= 15 is 4.57 Å². The zero-order valence-corrected chi connectivity index (χ0v) is 18.3. The van der Waals surface area contributed by atoms with Crippen molar-refractivity contribution in [1.29, 1.82) is 0 Å². The van der Waals surface area contributed by atoms with Crippen LogP contribution in [0.5, 0.6) is 0 Å². The van der Waals surface area contributed by atoms with Gasteiger partial charge in [-0.1, -0.05) is 121 Å². The van der Waals surface area contributed by atoms with Gasteiger partial charge in [0, 0.05) is 21.7 Å². The second-order valence-corrected chi connectivity index (χ2v) is 10.1. The van der Waals surface area contributed by atoms with Gasteiger partial charge in [0.25, 0.3) is 0 Å². The van der Waals surface area contributed by atoms with E-state index in [2.05, 4.69) is 0 Å². The Labute approximate surface area is 187 Å². The molecule has 0 saturated carbocycles. The van der Waals surface area contributed by atoms with Crippen molar-refractivity contribution in [2.24, 2.45) is 0 Å². The Bertz CT molecular complexity index is 1330. The fourth-order valence-electron chi connectivity index (χ4n) is 3.82. The number of benzene rings is 4. The zero-order valence-electron chi connectivity index (χ0n) is 17.4. The van der Waals surface area contributed by atoms with Crippen LogP contribution in [-0.4, -0.2) is 9.97 Å². The van der Waals surface area contributed by atoms with Gasteiger partial charge in [0.15, 0.2) is 7.14 Å². The Kier molecular flexibility index (Phi) is 5.49. The van der Waals surface area contributed by atoms with Crippen molar-refractivity contribution in [3.05, 3.63) is 128 Å². The summed E-state index contributed by atoms with van der Waals surface area (Å²) in [5.41, 5.74) is 3.67. The van der Waals surface area contributed by atoms with E-state index in [0.29, 0.717) is 16.8 Å². The van der Waals surface area contributed by atoms with E-state index in [1.54, 1.807) is 6.20 Å². The fourth-order valence-corrected chi connectivity index (χ4v) is 6.52. The minimum atomic E-state index is -3.30. The van der Waals surface area contributed by atoms with E-state index in [9.17, 15) is 0 Å². The van der Waals surface area contributed by atoms with Crippen molar-refractivity contribution >= 4 is 23.2 Å². The first-order valence-corrected chi connectivity index (χ1v) is 12.2. The molecule has 0 spiro atoms. The molecule has 0 aliphatic rings. The summed E-state index contributed by atoms with van der Waals surface area (Å²) in [5, 5.41) is 1.48. The van der Waals surface area contributed by atoms with Crippen LogP contribution in [0.25, 0.3) is 22.5 Å². The Balaban J connectivity index is 1.84. The highest BCUT2D eigenvalue weighted by molar-refractivity contribution is 7.85. The summed E-state index contributed by atoms with van der Waals surface area (Å²) in [6.07, 6.45) is 1.77. The van der Waals surface area contributed by atoms with E-state index in [-0.39, 0.29) is 0 Å². The molecule has 0 aliphatic carbocycles. The van der Waals surface area contributed by atoms with Gasteiger partial charge >= 0.3 is 0 Å². The number of hydrogen-bond acceptors (Lipinski definition) is 3. The van der Waals surface area contributed by atoms with Crippen molar-refractivity contribution in [3.8, 4) is 22.5 Å². The van der Waals surface area contributed by atoms with Crippen LogP contribution in [0.2, 0.25) is 0 Å². The number of nitrogens with zero attached hydrogens (tertiary/aromatic N) is 2.